The number of hydrogen-bond acceptors (Lipinski definition) is 33. The number of hydrogen-bond donors (Lipinski definition) is 21. The SMILES string of the molecule is CCCCCCCCCCCCC/C=C/[C@@H](O)[C@H](CO[C@@H]1OC(CO)[C@@H](O[C@@H]2OC(CO)[C@H](O[C@@H]3OC(CO)[C@H](O)[C@H](O[C@@H]4OC(CO)[C@H](O)[C@H](O[C@@H]5OC(CO)[C@H](O)[C@H](O[C@H]6OC(CO)[C@H](O)[C@H](O)C6NC(C)=O)C5O)C4NC(C)=O)C3O)[C@H](O)C2O)[C@H](O)C1O)NC(=O)CCCCCCCCCCCCCCCCCCC. The van der Waals surface area contributed by atoms with Crippen molar-refractivity contribution in [2.45, 2.75) is 417 Å². The molecule has 36 nitrogen and oxygen atoms in total. The van der Waals surface area contributed by atoms with Gasteiger partial charge in [0.2, 0.25) is 17.7 Å². The van der Waals surface area contributed by atoms with E-state index in [9.17, 15) is 106 Å². The molecule has 3 amide bonds. The first-order chi connectivity index (χ1) is 54.8. The van der Waals surface area contributed by atoms with Crippen molar-refractivity contribution in [2.75, 3.05) is 46.2 Å². The molecule has 0 radical (unpaired) electrons. The standard InChI is InChI=1S/C78H141N3O33/c1-5-7-9-11-13-15-17-19-20-21-22-24-26-28-30-32-34-36-54(91)81-46(47(90)35-33-31-29-27-25-23-18-16-14-12-10-8-6-2)43-103-75-64(99)62(97)68(52(41-86)108-75)110-76-65(100)63(98)69(53(42-87)109-76)111-77-66(101)72(60(95)50(39-84)106-77)114-74-56(80-45(4)89)70(58(93)49(38-83)105-74)112-78-67(102)71(59(94)51(40-85)107-78)113-73-55(79-44(3)88)61(96)57(92)48(37-82)104-73/h33,35,46-53,55-78,82-87,90,92-102H,5-32,34,36-43H2,1-4H3,(H,79,88)(H,80,89)(H,81,91)/b35-33+/t46-,47+,48?,49?,50?,51?,52?,53?,55?,56?,57-,58-,59-,60-,61+,62+,63+,64?,65?,66?,67?,68+,69-,70+,71-,72-,73+,74-,75+,76-,77-,78-/m0/s1. The van der Waals surface area contributed by atoms with E-state index in [1.165, 1.54) is 122 Å². The first kappa shape index (κ1) is 99.8. The summed E-state index contributed by atoms with van der Waals surface area (Å²) in [5.74, 6) is -1.98. The van der Waals surface area contributed by atoms with Gasteiger partial charge in [-0.15, -0.1) is 0 Å². The van der Waals surface area contributed by atoms with Crippen molar-refractivity contribution in [1.82, 2.24) is 16.0 Å². The van der Waals surface area contributed by atoms with Crippen molar-refractivity contribution < 1.29 is 163 Å². The summed E-state index contributed by atoms with van der Waals surface area (Å²) in [5.41, 5.74) is 0. The quantitative estimate of drug-likeness (QED) is 0.0240. The van der Waals surface area contributed by atoms with Crippen molar-refractivity contribution in [3.63, 3.8) is 0 Å². The summed E-state index contributed by atoms with van der Waals surface area (Å²) in [7, 11) is 0. The fourth-order valence-corrected chi connectivity index (χ4v) is 15.4. The van der Waals surface area contributed by atoms with Gasteiger partial charge < -0.3 is 165 Å². The zero-order valence-electron chi connectivity index (χ0n) is 67.0. The highest BCUT2D eigenvalue weighted by molar-refractivity contribution is 5.76. The molecule has 0 aliphatic carbocycles. The molecule has 0 aromatic heterocycles. The first-order valence-electron chi connectivity index (χ1n) is 42.0. The predicted molar refractivity (Wildman–Crippen MR) is 403 cm³/mol. The molecule has 21 N–H and O–H groups in total. The van der Waals surface area contributed by atoms with Gasteiger partial charge in [-0.3, -0.25) is 14.4 Å². The minimum Gasteiger partial charge on any atom is -0.394 e. The van der Waals surface area contributed by atoms with Crippen LogP contribution in [-0.4, -0.2) is 352 Å². The van der Waals surface area contributed by atoms with Crippen LogP contribution < -0.4 is 16.0 Å². The number of aliphatic hydroxyl groups excluding tert-OH is 18. The molecular weight excluding hydrogens is 1510 g/mol. The van der Waals surface area contributed by atoms with Gasteiger partial charge in [0.15, 0.2) is 37.7 Å². The number of aliphatic hydroxyl groups is 18. The average Bonchev–Trinajstić information content (AvgIpc) is 0.773. The number of carbonyl (C=O) groups is 3. The molecule has 0 aromatic rings. The Kier molecular flexibility index (Phi) is 47.0. The summed E-state index contributed by atoms with van der Waals surface area (Å²) in [6.07, 6.45) is -18.2. The molecule has 6 fully saturated rings. The molecule has 0 spiro atoms. The van der Waals surface area contributed by atoms with Crippen LogP contribution in [0.15, 0.2) is 12.2 Å². The van der Waals surface area contributed by atoms with Crippen LogP contribution in [0.5, 0.6) is 0 Å². The summed E-state index contributed by atoms with van der Waals surface area (Å²) >= 11 is 0. The lowest BCUT2D eigenvalue weighted by Crippen LogP contribution is -2.71. The van der Waals surface area contributed by atoms with Gasteiger partial charge in [0.05, 0.1) is 58.4 Å². The third-order valence-corrected chi connectivity index (χ3v) is 22.2. The molecule has 666 valence electrons. The predicted octanol–water partition coefficient (Wildman–Crippen LogP) is -1.64. The lowest BCUT2D eigenvalue weighted by atomic mass is 9.94. The molecule has 0 aromatic carbocycles. The molecule has 6 heterocycles. The van der Waals surface area contributed by atoms with Gasteiger partial charge in [-0.1, -0.05) is 193 Å². The van der Waals surface area contributed by atoms with E-state index in [4.69, 9.17) is 56.8 Å². The Labute approximate surface area is 669 Å². The van der Waals surface area contributed by atoms with Crippen LogP contribution in [-0.2, 0) is 71.2 Å². The topological polar surface area (TPSA) is 562 Å². The Balaban J connectivity index is 1.07. The Morgan fingerprint density at radius 2 is 0.658 bits per heavy atom. The van der Waals surface area contributed by atoms with Gasteiger partial charge in [-0.25, -0.2) is 0 Å². The number of amides is 3. The van der Waals surface area contributed by atoms with Crippen LogP contribution in [0.1, 0.15) is 220 Å². The minimum absolute atomic E-state index is 0.181. The molecule has 6 rings (SSSR count). The van der Waals surface area contributed by atoms with Gasteiger partial charge >= 0.3 is 0 Å². The molecule has 36 heteroatoms. The van der Waals surface area contributed by atoms with Crippen molar-refractivity contribution in [2.24, 2.45) is 0 Å². The molecule has 12 unspecified atom stereocenters. The van der Waals surface area contributed by atoms with E-state index in [-0.39, 0.29) is 12.3 Å². The number of unbranched alkanes of at least 4 members (excludes halogenated alkanes) is 27. The highest BCUT2D eigenvalue weighted by Crippen LogP contribution is 2.38. The number of carbonyl (C=O) groups excluding carboxylic acids is 3. The fourth-order valence-electron chi connectivity index (χ4n) is 15.4. The summed E-state index contributed by atoms with van der Waals surface area (Å²) < 4.78 is 70.8. The summed E-state index contributed by atoms with van der Waals surface area (Å²) in [6, 6.07) is -4.51. The highest BCUT2D eigenvalue weighted by Gasteiger charge is 2.59. The van der Waals surface area contributed by atoms with E-state index in [1.54, 1.807) is 6.08 Å². The maximum absolute atomic E-state index is 13.5. The Morgan fingerprint density at radius 3 is 1.07 bits per heavy atom. The Morgan fingerprint density at radius 1 is 0.342 bits per heavy atom. The smallest absolute Gasteiger partial charge is 0.220 e. The van der Waals surface area contributed by atoms with E-state index in [0.29, 0.717) is 12.8 Å². The number of nitrogens with one attached hydrogen (secondary N) is 3. The molecule has 6 aliphatic heterocycles. The average molecular weight is 1650 g/mol. The minimum atomic E-state index is -2.27. The zero-order chi connectivity index (χ0) is 83.4. The van der Waals surface area contributed by atoms with Crippen LogP contribution in [0, 0.1) is 0 Å². The lowest BCUT2D eigenvalue weighted by molar-refractivity contribution is -0.390. The molecule has 0 saturated carbocycles. The maximum Gasteiger partial charge on any atom is 0.220 e. The van der Waals surface area contributed by atoms with Crippen LogP contribution in [0.25, 0.3) is 0 Å². The van der Waals surface area contributed by atoms with Gasteiger partial charge in [-0.2, -0.15) is 0 Å². The van der Waals surface area contributed by atoms with Gasteiger partial charge in [0.25, 0.3) is 0 Å². The zero-order valence-corrected chi connectivity index (χ0v) is 67.0. The van der Waals surface area contributed by atoms with Gasteiger partial charge in [0, 0.05) is 20.3 Å². The summed E-state index contributed by atoms with van der Waals surface area (Å²) in [5, 5.41) is 209. The monoisotopic (exact) mass is 1650 g/mol. The van der Waals surface area contributed by atoms with E-state index < -0.39 is 254 Å². The molecule has 6 aliphatic rings. The summed E-state index contributed by atoms with van der Waals surface area (Å²) in [4.78, 5) is 38.8. The number of rotatable bonds is 54. The van der Waals surface area contributed by atoms with Crippen molar-refractivity contribution in [3.8, 4) is 0 Å². The lowest BCUT2D eigenvalue weighted by Gasteiger charge is -2.51. The van der Waals surface area contributed by atoms with Crippen LogP contribution in [0.2, 0.25) is 0 Å². The third kappa shape index (κ3) is 30.5. The molecular formula is C78H141N3O33. The second kappa shape index (κ2) is 53.7. The second-order valence-corrected chi connectivity index (χ2v) is 31.4. The molecule has 0 bridgehead atoms. The molecule has 32 atom stereocenters. The Hall–Kier alpha value is -3.05. The maximum atomic E-state index is 13.5. The van der Waals surface area contributed by atoms with Crippen molar-refractivity contribution in [3.05, 3.63) is 12.2 Å². The third-order valence-electron chi connectivity index (χ3n) is 22.2. The number of allylic oxidation sites excluding steroid dienone is 1. The van der Waals surface area contributed by atoms with Gasteiger partial charge in [0.1, 0.15) is 146 Å². The molecule has 6 saturated heterocycles. The normalized spacial score (nSPS) is 36.8. The first-order valence-corrected chi connectivity index (χ1v) is 42.0. The number of ether oxygens (including phenoxy) is 12. The van der Waals surface area contributed by atoms with Crippen LogP contribution in [0.3, 0.4) is 0 Å². The van der Waals surface area contributed by atoms with E-state index in [2.05, 4.69) is 29.8 Å². The van der Waals surface area contributed by atoms with E-state index in [0.717, 1.165) is 65.2 Å². The van der Waals surface area contributed by atoms with Crippen LogP contribution >= 0.6 is 0 Å². The van der Waals surface area contributed by atoms with Crippen molar-refractivity contribution >= 4 is 17.7 Å². The largest absolute Gasteiger partial charge is 0.394 e. The highest BCUT2D eigenvalue weighted by atomic mass is 16.8. The summed E-state index contributed by atoms with van der Waals surface area (Å²) in [6.45, 7) is 0.0727. The molecule has 114 heavy (non-hydrogen) atoms. The second-order valence-electron chi connectivity index (χ2n) is 31.4. The van der Waals surface area contributed by atoms with Gasteiger partial charge in [-0.05, 0) is 19.3 Å². The van der Waals surface area contributed by atoms with E-state index >= 15 is 0 Å². The fraction of sp³-hybridized carbons (Fsp3) is 0.936. The van der Waals surface area contributed by atoms with Crippen molar-refractivity contribution in [1.29, 1.82) is 0 Å². The van der Waals surface area contributed by atoms with Crippen LogP contribution in [0.4, 0.5) is 0 Å². The van der Waals surface area contributed by atoms with E-state index in [1.807, 2.05) is 6.08 Å². The Bertz CT molecular complexity index is 2630.